The highest BCUT2D eigenvalue weighted by Crippen LogP contribution is 2.23. The van der Waals surface area contributed by atoms with Crippen LogP contribution in [0.4, 0.5) is 5.69 Å². The van der Waals surface area contributed by atoms with Crippen molar-refractivity contribution in [1.82, 2.24) is 0 Å². The third kappa shape index (κ3) is 4.59. The summed E-state index contributed by atoms with van der Waals surface area (Å²) in [7, 11) is 0. The lowest BCUT2D eigenvalue weighted by Crippen LogP contribution is -2.21. The van der Waals surface area contributed by atoms with Crippen LogP contribution in [0.25, 0.3) is 0 Å². The molecular formula is C15H10Cl2INO3. The summed E-state index contributed by atoms with van der Waals surface area (Å²) in [6.45, 7) is -0.385. The first kappa shape index (κ1) is 17.1. The molecule has 0 atom stereocenters. The van der Waals surface area contributed by atoms with Gasteiger partial charge in [0.25, 0.3) is 5.91 Å². The molecule has 0 radical (unpaired) electrons. The van der Waals surface area contributed by atoms with Gasteiger partial charge in [-0.2, -0.15) is 0 Å². The molecule has 0 aliphatic rings. The van der Waals surface area contributed by atoms with Gasteiger partial charge in [0.1, 0.15) is 0 Å². The smallest absolute Gasteiger partial charge is 0.338 e. The molecule has 22 heavy (non-hydrogen) atoms. The highest BCUT2D eigenvalue weighted by molar-refractivity contribution is 14.1. The summed E-state index contributed by atoms with van der Waals surface area (Å²) in [5.74, 6) is -1.06. The number of anilines is 1. The van der Waals surface area contributed by atoms with E-state index in [1.165, 1.54) is 18.2 Å². The SMILES string of the molecule is O=C(COC(=O)c1ccc(Cl)c(Cl)c1)Nc1ccccc1I. The van der Waals surface area contributed by atoms with Crippen molar-refractivity contribution in [2.24, 2.45) is 0 Å². The largest absolute Gasteiger partial charge is 0.452 e. The van der Waals surface area contributed by atoms with Gasteiger partial charge in [0, 0.05) is 3.57 Å². The van der Waals surface area contributed by atoms with Gasteiger partial charge in [0.2, 0.25) is 0 Å². The summed E-state index contributed by atoms with van der Waals surface area (Å²) in [5, 5.41) is 3.26. The van der Waals surface area contributed by atoms with Gasteiger partial charge in [-0.25, -0.2) is 4.79 Å². The van der Waals surface area contributed by atoms with E-state index < -0.39 is 11.9 Å². The predicted molar refractivity (Wildman–Crippen MR) is 94.5 cm³/mol. The Morgan fingerprint density at radius 1 is 1.09 bits per heavy atom. The normalized spacial score (nSPS) is 10.1. The third-order valence-electron chi connectivity index (χ3n) is 2.64. The van der Waals surface area contributed by atoms with Crippen LogP contribution in [0.3, 0.4) is 0 Å². The fourth-order valence-corrected chi connectivity index (χ4v) is 2.41. The maximum Gasteiger partial charge on any atom is 0.338 e. The van der Waals surface area contributed by atoms with Crippen LogP contribution in [0.1, 0.15) is 10.4 Å². The van der Waals surface area contributed by atoms with Gasteiger partial charge >= 0.3 is 5.97 Å². The van der Waals surface area contributed by atoms with E-state index in [-0.39, 0.29) is 17.2 Å². The van der Waals surface area contributed by atoms with E-state index in [4.69, 9.17) is 27.9 Å². The van der Waals surface area contributed by atoms with Gasteiger partial charge in [-0.3, -0.25) is 4.79 Å². The van der Waals surface area contributed by atoms with Crippen molar-refractivity contribution >= 4 is 63.4 Å². The molecule has 0 aromatic heterocycles. The van der Waals surface area contributed by atoms with Crippen molar-refractivity contribution < 1.29 is 14.3 Å². The summed E-state index contributed by atoms with van der Waals surface area (Å²) < 4.78 is 5.83. The molecule has 2 aromatic carbocycles. The monoisotopic (exact) mass is 449 g/mol. The van der Waals surface area contributed by atoms with E-state index in [1.807, 2.05) is 12.1 Å². The number of amides is 1. The zero-order chi connectivity index (χ0) is 16.1. The summed E-state index contributed by atoms with van der Waals surface area (Å²) in [6, 6.07) is 11.7. The molecule has 0 saturated heterocycles. The minimum atomic E-state index is -0.642. The number of ether oxygens (including phenoxy) is 1. The minimum Gasteiger partial charge on any atom is -0.452 e. The summed E-state index contributed by atoms with van der Waals surface area (Å²) in [5.41, 5.74) is 0.898. The Balaban J connectivity index is 1.92. The lowest BCUT2D eigenvalue weighted by Gasteiger charge is -2.08. The van der Waals surface area contributed by atoms with Gasteiger partial charge in [-0.15, -0.1) is 0 Å². The molecule has 0 bridgehead atoms. The molecule has 2 aromatic rings. The van der Waals surface area contributed by atoms with E-state index in [2.05, 4.69) is 27.9 Å². The van der Waals surface area contributed by atoms with Crippen molar-refractivity contribution in [3.63, 3.8) is 0 Å². The van der Waals surface area contributed by atoms with Gasteiger partial charge in [-0.05, 0) is 52.9 Å². The number of nitrogens with one attached hydrogen (secondary N) is 1. The highest BCUT2D eigenvalue weighted by Gasteiger charge is 2.12. The lowest BCUT2D eigenvalue weighted by molar-refractivity contribution is -0.119. The van der Waals surface area contributed by atoms with Crippen LogP contribution in [0.5, 0.6) is 0 Å². The van der Waals surface area contributed by atoms with Gasteiger partial charge in [-0.1, -0.05) is 35.3 Å². The van der Waals surface area contributed by atoms with E-state index in [1.54, 1.807) is 12.1 Å². The molecule has 0 aliphatic carbocycles. The summed E-state index contributed by atoms with van der Waals surface area (Å²) in [6.07, 6.45) is 0. The molecule has 0 aliphatic heterocycles. The first-order valence-corrected chi connectivity index (χ1v) is 7.97. The Labute approximate surface area is 150 Å². The number of para-hydroxylation sites is 1. The molecule has 4 nitrogen and oxygen atoms in total. The molecule has 7 heteroatoms. The van der Waals surface area contributed by atoms with Gasteiger partial charge in [0.15, 0.2) is 6.61 Å². The quantitative estimate of drug-likeness (QED) is 0.556. The minimum absolute atomic E-state index is 0.233. The number of rotatable bonds is 4. The lowest BCUT2D eigenvalue weighted by atomic mass is 10.2. The number of halogens is 3. The maximum absolute atomic E-state index is 11.8. The summed E-state index contributed by atoms with van der Waals surface area (Å²) in [4.78, 5) is 23.6. The molecule has 0 spiro atoms. The van der Waals surface area contributed by atoms with Crippen LogP contribution >= 0.6 is 45.8 Å². The Bertz CT molecular complexity index is 722. The van der Waals surface area contributed by atoms with Gasteiger partial charge < -0.3 is 10.1 Å². The number of hydrogen-bond acceptors (Lipinski definition) is 3. The highest BCUT2D eigenvalue weighted by atomic mass is 127. The van der Waals surface area contributed by atoms with Crippen molar-refractivity contribution in [2.75, 3.05) is 11.9 Å². The Morgan fingerprint density at radius 3 is 2.50 bits per heavy atom. The van der Waals surface area contributed by atoms with Crippen molar-refractivity contribution in [3.05, 3.63) is 61.6 Å². The first-order valence-electron chi connectivity index (χ1n) is 6.14. The number of esters is 1. The maximum atomic E-state index is 11.8. The fourth-order valence-electron chi connectivity index (χ4n) is 1.59. The zero-order valence-corrected chi connectivity index (χ0v) is 14.8. The number of hydrogen-bond donors (Lipinski definition) is 1. The van der Waals surface area contributed by atoms with Crippen LogP contribution in [-0.4, -0.2) is 18.5 Å². The van der Waals surface area contributed by atoms with Crippen molar-refractivity contribution in [1.29, 1.82) is 0 Å². The second kappa shape index (κ2) is 7.80. The Morgan fingerprint density at radius 2 is 1.82 bits per heavy atom. The second-order valence-electron chi connectivity index (χ2n) is 4.23. The summed E-state index contributed by atoms with van der Waals surface area (Å²) >= 11 is 13.7. The molecule has 0 unspecified atom stereocenters. The molecule has 0 saturated carbocycles. The third-order valence-corrected chi connectivity index (χ3v) is 4.32. The zero-order valence-electron chi connectivity index (χ0n) is 11.1. The van der Waals surface area contributed by atoms with Crippen molar-refractivity contribution in [3.8, 4) is 0 Å². The van der Waals surface area contributed by atoms with Gasteiger partial charge in [0.05, 0.1) is 21.3 Å². The molecule has 0 heterocycles. The molecular weight excluding hydrogens is 440 g/mol. The van der Waals surface area contributed by atoms with E-state index in [9.17, 15) is 9.59 Å². The molecule has 0 fully saturated rings. The predicted octanol–water partition coefficient (Wildman–Crippen LogP) is 4.39. The average Bonchev–Trinajstić information content (AvgIpc) is 2.50. The molecule has 2 rings (SSSR count). The van der Waals surface area contributed by atoms with Crippen molar-refractivity contribution in [2.45, 2.75) is 0 Å². The van der Waals surface area contributed by atoms with E-state index >= 15 is 0 Å². The first-order chi connectivity index (χ1) is 10.5. The van der Waals surface area contributed by atoms with Crippen LogP contribution in [0.15, 0.2) is 42.5 Å². The number of carbonyl (C=O) groups excluding carboxylic acids is 2. The van der Waals surface area contributed by atoms with Crippen LogP contribution in [0, 0.1) is 3.57 Å². The van der Waals surface area contributed by atoms with Crippen LogP contribution in [0.2, 0.25) is 10.0 Å². The van der Waals surface area contributed by atoms with E-state index in [0.717, 1.165) is 3.57 Å². The number of benzene rings is 2. The standard InChI is InChI=1S/C15H10Cl2INO3/c16-10-6-5-9(7-11(10)17)15(21)22-8-14(20)19-13-4-2-1-3-12(13)18/h1-7H,8H2,(H,19,20). The van der Waals surface area contributed by atoms with E-state index in [0.29, 0.717) is 10.7 Å². The van der Waals surface area contributed by atoms with Crippen LogP contribution in [-0.2, 0) is 9.53 Å². The number of carbonyl (C=O) groups is 2. The molecule has 1 N–H and O–H groups in total. The molecule has 114 valence electrons. The second-order valence-corrected chi connectivity index (χ2v) is 6.21. The fraction of sp³-hybridized carbons (Fsp3) is 0.0667. The average molecular weight is 450 g/mol. The Kier molecular flexibility index (Phi) is 6.05. The topological polar surface area (TPSA) is 55.4 Å². The van der Waals surface area contributed by atoms with Crippen LogP contribution < -0.4 is 5.32 Å². The Hall–Kier alpha value is -1.31. The molecule has 1 amide bonds.